The lowest BCUT2D eigenvalue weighted by atomic mass is 10.1. The van der Waals surface area contributed by atoms with Crippen molar-refractivity contribution in [2.75, 3.05) is 0 Å². The molecule has 0 aliphatic carbocycles. The Labute approximate surface area is 92.6 Å². The van der Waals surface area contributed by atoms with Crippen LogP contribution in [0.5, 0.6) is 0 Å². The zero-order valence-corrected chi connectivity index (χ0v) is 9.43. The average molecular weight is 242 g/mol. The second kappa shape index (κ2) is 9.18. The van der Waals surface area contributed by atoms with Gasteiger partial charge in [0, 0.05) is 6.42 Å². The van der Waals surface area contributed by atoms with E-state index in [0.29, 0.717) is 5.78 Å². The summed E-state index contributed by atoms with van der Waals surface area (Å²) in [7, 11) is 0. The van der Waals surface area contributed by atoms with Crippen LogP contribution in [0.1, 0.15) is 46.0 Å². The van der Waals surface area contributed by atoms with Gasteiger partial charge in [-0.2, -0.15) is 13.2 Å². The predicted molar refractivity (Wildman–Crippen MR) is 53.1 cm³/mol. The molecule has 0 radical (unpaired) electrons. The quantitative estimate of drug-likeness (QED) is 0.753. The third-order valence-electron chi connectivity index (χ3n) is 1.62. The number of halogens is 3. The molecule has 96 valence electrons. The Morgan fingerprint density at radius 1 is 1.12 bits per heavy atom. The molecule has 6 heteroatoms. The van der Waals surface area contributed by atoms with Crippen molar-refractivity contribution in [3.8, 4) is 0 Å². The molecular weight excluding hydrogens is 225 g/mol. The van der Waals surface area contributed by atoms with Crippen LogP contribution in [0.2, 0.25) is 0 Å². The smallest absolute Gasteiger partial charge is 0.475 e. The summed E-state index contributed by atoms with van der Waals surface area (Å²) in [4.78, 5) is 19.3. The normalized spacial score (nSPS) is 10.3. The van der Waals surface area contributed by atoms with Gasteiger partial charge in [0.05, 0.1) is 0 Å². The minimum absolute atomic E-state index is 0.325. The van der Waals surface area contributed by atoms with E-state index in [0.717, 1.165) is 12.8 Å². The van der Waals surface area contributed by atoms with E-state index < -0.39 is 12.1 Å². The van der Waals surface area contributed by atoms with Gasteiger partial charge in [-0.1, -0.05) is 26.2 Å². The molecule has 0 aromatic rings. The lowest BCUT2D eigenvalue weighted by Crippen LogP contribution is -2.21. The van der Waals surface area contributed by atoms with Gasteiger partial charge in [0.25, 0.3) is 0 Å². The van der Waals surface area contributed by atoms with Crippen LogP contribution in [0.25, 0.3) is 0 Å². The number of aliphatic carboxylic acids is 1. The minimum atomic E-state index is -5.08. The molecule has 0 saturated heterocycles. The van der Waals surface area contributed by atoms with Crippen LogP contribution >= 0.6 is 0 Å². The van der Waals surface area contributed by atoms with Gasteiger partial charge in [-0.3, -0.25) is 0 Å². The Morgan fingerprint density at radius 3 is 1.81 bits per heavy atom. The molecular formula is C10H17F3O3. The van der Waals surface area contributed by atoms with E-state index in [1.54, 1.807) is 6.92 Å². The van der Waals surface area contributed by atoms with E-state index in [9.17, 15) is 18.0 Å². The van der Waals surface area contributed by atoms with Crippen LogP contribution in [0, 0.1) is 0 Å². The Hall–Kier alpha value is -1.07. The minimum Gasteiger partial charge on any atom is -0.475 e. The number of unbranched alkanes of at least 4 members (excludes halogenated alkanes) is 3. The highest BCUT2D eigenvalue weighted by Crippen LogP contribution is 2.13. The molecule has 0 aromatic carbocycles. The molecule has 0 spiro atoms. The molecule has 16 heavy (non-hydrogen) atoms. The van der Waals surface area contributed by atoms with E-state index in [4.69, 9.17) is 9.90 Å². The van der Waals surface area contributed by atoms with E-state index >= 15 is 0 Å². The number of ketones is 1. The van der Waals surface area contributed by atoms with E-state index in [1.807, 2.05) is 0 Å². The van der Waals surface area contributed by atoms with Crippen LogP contribution in [-0.2, 0) is 9.59 Å². The second-order valence-electron chi connectivity index (χ2n) is 3.32. The van der Waals surface area contributed by atoms with Crippen molar-refractivity contribution in [2.45, 2.75) is 52.1 Å². The first kappa shape index (κ1) is 17.3. The largest absolute Gasteiger partial charge is 0.490 e. The molecule has 0 atom stereocenters. The summed E-state index contributed by atoms with van der Waals surface area (Å²) >= 11 is 0. The van der Waals surface area contributed by atoms with Crippen molar-refractivity contribution in [3.63, 3.8) is 0 Å². The van der Waals surface area contributed by atoms with Crippen molar-refractivity contribution in [2.24, 2.45) is 0 Å². The van der Waals surface area contributed by atoms with Gasteiger partial charge in [-0.15, -0.1) is 0 Å². The maximum atomic E-state index is 10.6. The monoisotopic (exact) mass is 242 g/mol. The fraction of sp³-hybridized carbons (Fsp3) is 0.800. The van der Waals surface area contributed by atoms with Crippen LogP contribution in [0.4, 0.5) is 13.2 Å². The van der Waals surface area contributed by atoms with Crippen LogP contribution < -0.4 is 0 Å². The van der Waals surface area contributed by atoms with Crippen LogP contribution in [0.15, 0.2) is 0 Å². The third-order valence-corrected chi connectivity index (χ3v) is 1.62. The first-order valence-corrected chi connectivity index (χ1v) is 5.01. The molecule has 1 N–H and O–H groups in total. The number of carboxylic acids is 1. The van der Waals surface area contributed by atoms with Crippen molar-refractivity contribution in [3.05, 3.63) is 0 Å². The number of carboxylic acid groups (broad SMARTS) is 1. The molecule has 0 fully saturated rings. The van der Waals surface area contributed by atoms with Gasteiger partial charge >= 0.3 is 12.1 Å². The van der Waals surface area contributed by atoms with Crippen molar-refractivity contribution >= 4 is 11.8 Å². The maximum absolute atomic E-state index is 10.6. The zero-order chi connectivity index (χ0) is 13.2. The lowest BCUT2D eigenvalue weighted by molar-refractivity contribution is -0.192. The summed E-state index contributed by atoms with van der Waals surface area (Å²) < 4.78 is 31.7. The van der Waals surface area contributed by atoms with Crippen molar-refractivity contribution in [1.29, 1.82) is 0 Å². The molecule has 0 aromatic heterocycles. The summed E-state index contributed by atoms with van der Waals surface area (Å²) in [5.41, 5.74) is 0. The molecule has 0 saturated carbocycles. The first-order valence-electron chi connectivity index (χ1n) is 5.01. The lowest BCUT2D eigenvalue weighted by Gasteiger charge is -1.93. The van der Waals surface area contributed by atoms with Crippen molar-refractivity contribution in [1.82, 2.24) is 0 Å². The number of rotatable bonds is 5. The molecule has 0 heterocycles. The summed E-state index contributed by atoms with van der Waals surface area (Å²) in [6.07, 6.45) is 0.518. The van der Waals surface area contributed by atoms with Crippen LogP contribution in [-0.4, -0.2) is 23.0 Å². The van der Waals surface area contributed by atoms with Gasteiger partial charge in [0.2, 0.25) is 0 Å². The maximum Gasteiger partial charge on any atom is 0.490 e. The number of hydrogen-bond acceptors (Lipinski definition) is 2. The number of hydrogen-bond donors (Lipinski definition) is 1. The SMILES string of the molecule is CCCCCCC(C)=O.O=C(O)C(F)(F)F. The highest BCUT2D eigenvalue weighted by Gasteiger charge is 2.38. The fourth-order valence-corrected chi connectivity index (χ4v) is 0.801. The van der Waals surface area contributed by atoms with Crippen molar-refractivity contribution < 1.29 is 27.9 Å². The third kappa shape index (κ3) is 15.4. The second-order valence-corrected chi connectivity index (χ2v) is 3.32. The summed E-state index contributed by atoms with van der Waals surface area (Å²) in [5, 5.41) is 7.12. The summed E-state index contributed by atoms with van der Waals surface area (Å²) in [6, 6.07) is 0. The van der Waals surface area contributed by atoms with E-state index in [1.165, 1.54) is 19.3 Å². The summed E-state index contributed by atoms with van der Waals surface area (Å²) in [5.74, 6) is -2.43. The molecule has 0 unspecified atom stereocenters. The number of carbonyl (C=O) groups is 2. The summed E-state index contributed by atoms with van der Waals surface area (Å²) in [6.45, 7) is 3.83. The Kier molecular flexibility index (Phi) is 9.94. The van der Waals surface area contributed by atoms with Gasteiger partial charge in [0.1, 0.15) is 5.78 Å². The first-order chi connectivity index (χ1) is 7.21. The Bertz CT molecular complexity index is 212. The van der Waals surface area contributed by atoms with Gasteiger partial charge in [0.15, 0.2) is 0 Å². The highest BCUT2D eigenvalue weighted by molar-refractivity contribution is 5.75. The number of carbonyl (C=O) groups excluding carboxylic acids is 1. The predicted octanol–water partition coefficient (Wildman–Crippen LogP) is 3.18. The highest BCUT2D eigenvalue weighted by atomic mass is 19.4. The molecule has 0 amide bonds. The average Bonchev–Trinajstić information content (AvgIpc) is 2.11. The topological polar surface area (TPSA) is 54.4 Å². The van der Waals surface area contributed by atoms with E-state index in [-0.39, 0.29) is 0 Å². The molecule has 0 aliphatic heterocycles. The van der Waals surface area contributed by atoms with Gasteiger partial charge < -0.3 is 9.90 Å². The molecule has 3 nitrogen and oxygen atoms in total. The van der Waals surface area contributed by atoms with Gasteiger partial charge in [-0.25, -0.2) is 4.79 Å². The van der Waals surface area contributed by atoms with Gasteiger partial charge in [-0.05, 0) is 13.3 Å². The number of Topliss-reactive ketones (excluding diaryl/α,β-unsaturated/α-hetero) is 1. The zero-order valence-electron chi connectivity index (χ0n) is 9.43. The molecule has 0 bridgehead atoms. The molecule has 0 aliphatic rings. The van der Waals surface area contributed by atoms with E-state index in [2.05, 4.69) is 6.92 Å². The fourth-order valence-electron chi connectivity index (χ4n) is 0.801. The molecule has 0 rings (SSSR count). The Balaban J connectivity index is 0. The number of alkyl halides is 3. The Morgan fingerprint density at radius 2 is 1.56 bits per heavy atom. The standard InChI is InChI=1S/C8H16O.C2HF3O2/c1-3-4-5-6-7-8(2)9;3-2(4,5)1(6)7/h3-7H2,1-2H3;(H,6,7). The van der Waals surface area contributed by atoms with Crippen LogP contribution in [0.3, 0.4) is 0 Å².